The lowest BCUT2D eigenvalue weighted by Crippen LogP contribution is -2.55. The zero-order chi connectivity index (χ0) is 24.8. The molecular weight excluding hydrogens is 448 g/mol. The van der Waals surface area contributed by atoms with Gasteiger partial charge in [-0.2, -0.15) is 0 Å². The van der Waals surface area contributed by atoms with Crippen LogP contribution in [0.1, 0.15) is 65.4 Å². The van der Waals surface area contributed by atoms with Gasteiger partial charge in [0.2, 0.25) is 12.2 Å². The molecule has 1 aliphatic carbocycles. The summed E-state index contributed by atoms with van der Waals surface area (Å²) >= 11 is 6.42. The molecule has 1 unspecified atom stereocenters. The first kappa shape index (κ1) is 26.6. The summed E-state index contributed by atoms with van der Waals surface area (Å²) in [5.41, 5.74) is -0.712. The van der Waals surface area contributed by atoms with Gasteiger partial charge in [-0.3, -0.25) is 14.5 Å². The van der Waals surface area contributed by atoms with Crippen LogP contribution in [0.25, 0.3) is 0 Å². The largest absolute Gasteiger partial charge is 0.424 e. The molecule has 3 atom stereocenters. The number of carbonyl (C=O) groups excluding carboxylic acids is 4. The van der Waals surface area contributed by atoms with Crippen molar-refractivity contribution in [2.45, 2.75) is 77.7 Å². The highest BCUT2D eigenvalue weighted by molar-refractivity contribution is 6.31. The van der Waals surface area contributed by atoms with Crippen molar-refractivity contribution in [3.8, 4) is 0 Å². The molecule has 0 aromatic heterocycles. The molecule has 0 aliphatic heterocycles. The molecule has 1 saturated carbocycles. The van der Waals surface area contributed by atoms with Crippen LogP contribution < -0.4 is 5.32 Å². The van der Waals surface area contributed by atoms with Gasteiger partial charge in [-0.1, -0.05) is 43.6 Å². The fraction of sp³-hybridized carbons (Fsp3) is 0.583. The molecule has 0 radical (unpaired) electrons. The van der Waals surface area contributed by atoms with E-state index in [0.717, 1.165) is 12.8 Å². The number of hydrogen-bond donors (Lipinski definition) is 1. The summed E-state index contributed by atoms with van der Waals surface area (Å²) in [4.78, 5) is 51.4. The van der Waals surface area contributed by atoms with Crippen LogP contribution in [-0.4, -0.2) is 48.0 Å². The number of halogens is 1. The Balaban J connectivity index is 2.18. The van der Waals surface area contributed by atoms with Crippen LogP contribution in [0, 0.1) is 5.92 Å². The van der Waals surface area contributed by atoms with Gasteiger partial charge in [0.15, 0.2) is 5.78 Å². The van der Waals surface area contributed by atoms with Gasteiger partial charge in [0, 0.05) is 37.9 Å². The van der Waals surface area contributed by atoms with E-state index in [2.05, 4.69) is 5.32 Å². The number of rotatable bonds is 8. The minimum atomic E-state index is -1.26. The molecule has 1 aliphatic rings. The van der Waals surface area contributed by atoms with Crippen LogP contribution >= 0.6 is 11.6 Å². The van der Waals surface area contributed by atoms with Crippen molar-refractivity contribution in [3.63, 3.8) is 0 Å². The summed E-state index contributed by atoms with van der Waals surface area (Å²) in [6.45, 7) is 6.55. The Hall–Kier alpha value is -2.61. The summed E-state index contributed by atoms with van der Waals surface area (Å²) < 4.78 is 10.6. The molecule has 9 heteroatoms. The third-order valence-corrected chi connectivity index (χ3v) is 6.07. The Morgan fingerprint density at radius 3 is 2.39 bits per heavy atom. The van der Waals surface area contributed by atoms with Crippen LogP contribution in [0.2, 0.25) is 5.02 Å². The first-order valence-corrected chi connectivity index (χ1v) is 11.6. The van der Waals surface area contributed by atoms with Crippen LogP contribution in [-0.2, 0) is 29.4 Å². The van der Waals surface area contributed by atoms with Gasteiger partial charge < -0.3 is 14.8 Å². The van der Waals surface area contributed by atoms with Crippen molar-refractivity contribution >= 4 is 35.4 Å². The number of carbonyl (C=O) groups is 4. The maximum atomic E-state index is 13.1. The predicted octanol–water partition coefficient (Wildman–Crippen LogP) is 4.19. The molecule has 0 heterocycles. The third-order valence-electron chi connectivity index (χ3n) is 5.74. The summed E-state index contributed by atoms with van der Waals surface area (Å²) in [7, 11) is 1.49. The van der Waals surface area contributed by atoms with Crippen molar-refractivity contribution in [1.82, 2.24) is 10.2 Å². The number of ether oxygens (including phenoxy) is 2. The Morgan fingerprint density at radius 2 is 1.82 bits per heavy atom. The lowest BCUT2D eigenvalue weighted by molar-refractivity contribution is -0.171. The Morgan fingerprint density at radius 1 is 1.15 bits per heavy atom. The number of amides is 2. The smallest absolute Gasteiger partial charge is 0.413 e. The number of likely N-dealkylation sites (N-methyl/N-ethyl adjacent to an activating group) is 1. The minimum absolute atomic E-state index is 0.117. The predicted molar refractivity (Wildman–Crippen MR) is 123 cm³/mol. The normalized spacial score (nSPS) is 20.0. The number of nitrogens with zero attached hydrogens (tertiary/aromatic N) is 1. The van der Waals surface area contributed by atoms with Gasteiger partial charge in [-0.05, 0) is 37.7 Å². The Kier molecular flexibility index (Phi) is 9.28. The zero-order valence-electron chi connectivity index (χ0n) is 19.9. The second kappa shape index (κ2) is 11.5. The van der Waals surface area contributed by atoms with E-state index in [1.165, 1.54) is 25.8 Å². The second-order valence-electron chi connectivity index (χ2n) is 8.80. The summed E-state index contributed by atoms with van der Waals surface area (Å²) in [6, 6.07) is 6.10. The van der Waals surface area contributed by atoms with E-state index in [1.54, 1.807) is 24.3 Å². The third kappa shape index (κ3) is 6.47. The number of ketones is 1. The highest BCUT2D eigenvalue weighted by Crippen LogP contribution is 2.42. The average molecular weight is 481 g/mol. The molecule has 2 amide bonds. The molecular formula is C24H33ClN2O6. The zero-order valence-corrected chi connectivity index (χ0v) is 20.6. The summed E-state index contributed by atoms with van der Waals surface area (Å²) in [5, 5.41) is 2.95. The molecule has 0 spiro atoms. The van der Waals surface area contributed by atoms with E-state index in [4.69, 9.17) is 21.1 Å². The molecule has 1 N–H and O–H groups in total. The molecule has 0 bridgehead atoms. The Bertz CT molecular complexity index is 889. The molecule has 33 heavy (non-hydrogen) atoms. The van der Waals surface area contributed by atoms with Crippen molar-refractivity contribution < 1.29 is 28.7 Å². The molecule has 0 saturated heterocycles. The van der Waals surface area contributed by atoms with Crippen molar-refractivity contribution in [3.05, 3.63) is 34.9 Å². The topological polar surface area (TPSA) is 102 Å². The maximum absolute atomic E-state index is 13.1. The summed E-state index contributed by atoms with van der Waals surface area (Å²) in [5.74, 6) is -1.05. The molecule has 182 valence electrons. The lowest BCUT2D eigenvalue weighted by atomic mass is 9.74. The van der Waals surface area contributed by atoms with E-state index in [9.17, 15) is 19.2 Å². The van der Waals surface area contributed by atoms with Crippen LogP contribution in [0.4, 0.5) is 4.79 Å². The first-order chi connectivity index (χ1) is 15.5. The van der Waals surface area contributed by atoms with E-state index in [1.807, 2.05) is 13.8 Å². The van der Waals surface area contributed by atoms with Crippen molar-refractivity contribution in [2.24, 2.45) is 5.92 Å². The highest BCUT2D eigenvalue weighted by atomic mass is 35.5. The molecule has 8 nitrogen and oxygen atoms in total. The van der Waals surface area contributed by atoms with Gasteiger partial charge in [0.05, 0.1) is 0 Å². The highest BCUT2D eigenvalue weighted by Gasteiger charge is 2.49. The van der Waals surface area contributed by atoms with Gasteiger partial charge >= 0.3 is 12.1 Å². The maximum Gasteiger partial charge on any atom is 0.413 e. The number of benzene rings is 1. The SMILES string of the molecule is CC(=O)N[C@@H](CC(C)C)C(=O)OC(C)OC(=O)N(C)[C@@]1(c2ccccc2Cl)CCCCC1=O. The number of esters is 1. The fourth-order valence-electron chi connectivity index (χ4n) is 4.21. The van der Waals surface area contributed by atoms with Gasteiger partial charge in [0.1, 0.15) is 11.6 Å². The number of nitrogens with one attached hydrogen (secondary N) is 1. The van der Waals surface area contributed by atoms with Crippen molar-refractivity contribution in [2.75, 3.05) is 7.05 Å². The number of hydrogen-bond acceptors (Lipinski definition) is 6. The summed E-state index contributed by atoms with van der Waals surface area (Å²) in [6.07, 6.45) is 0.552. The van der Waals surface area contributed by atoms with E-state index < -0.39 is 29.9 Å². The molecule has 1 aromatic carbocycles. The van der Waals surface area contributed by atoms with Crippen LogP contribution in [0.5, 0.6) is 0 Å². The first-order valence-electron chi connectivity index (χ1n) is 11.2. The molecule has 1 aromatic rings. The molecule has 2 rings (SSSR count). The number of Topliss-reactive ketones (excluding diaryl/α,β-unsaturated/α-hetero) is 1. The van der Waals surface area contributed by atoms with Crippen LogP contribution in [0.3, 0.4) is 0 Å². The van der Waals surface area contributed by atoms with E-state index in [0.29, 0.717) is 29.8 Å². The fourth-order valence-corrected chi connectivity index (χ4v) is 4.50. The average Bonchev–Trinajstić information content (AvgIpc) is 2.73. The van der Waals surface area contributed by atoms with Crippen molar-refractivity contribution in [1.29, 1.82) is 0 Å². The second-order valence-corrected chi connectivity index (χ2v) is 9.21. The monoisotopic (exact) mass is 480 g/mol. The minimum Gasteiger partial charge on any atom is -0.424 e. The quantitative estimate of drug-likeness (QED) is 0.442. The van der Waals surface area contributed by atoms with Gasteiger partial charge in [-0.15, -0.1) is 0 Å². The Labute approximate surface area is 199 Å². The lowest BCUT2D eigenvalue weighted by Gasteiger charge is -2.43. The van der Waals surface area contributed by atoms with Crippen LogP contribution in [0.15, 0.2) is 24.3 Å². The van der Waals surface area contributed by atoms with Gasteiger partial charge in [-0.25, -0.2) is 9.59 Å². The molecule has 1 fully saturated rings. The van der Waals surface area contributed by atoms with Gasteiger partial charge in [0.25, 0.3) is 0 Å². The van der Waals surface area contributed by atoms with E-state index >= 15 is 0 Å². The van der Waals surface area contributed by atoms with E-state index in [-0.39, 0.29) is 17.6 Å². The standard InChI is InChI=1S/C24H33ClN2O6/c1-15(2)14-20(26-16(3)28)22(30)32-17(4)33-23(31)27(5)24(13-9-8-12-21(24)29)18-10-6-7-11-19(18)25/h6-7,10-11,15,17,20H,8-9,12-14H2,1-5H3,(H,26,28)/t17?,20-,24+/m0/s1.